The third-order valence-electron chi connectivity index (χ3n) is 2.16. The predicted molar refractivity (Wildman–Crippen MR) is 61.5 cm³/mol. The van der Waals surface area contributed by atoms with E-state index >= 15 is 0 Å². The van der Waals surface area contributed by atoms with E-state index in [9.17, 15) is 9.59 Å². The van der Waals surface area contributed by atoms with Crippen LogP contribution in [0.4, 0.5) is 0 Å². The summed E-state index contributed by atoms with van der Waals surface area (Å²) in [6, 6.07) is 1.07. The van der Waals surface area contributed by atoms with Gasteiger partial charge in [0.2, 0.25) is 5.76 Å². The number of hydrogen-bond donors (Lipinski definition) is 2. The summed E-state index contributed by atoms with van der Waals surface area (Å²) in [4.78, 5) is 22.2. The van der Waals surface area contributed by atoms with Crippen molar-refractivity contribution in [1.29, 1.82) is 0 Å². The molecule has 0 aliphatic heterocycles. The molecule has 0 aliphatic carbocycles. The number of hydrogen-bond acceptors (Lipinski definition) is 5. The molecule has 0 spiro atoms. The lowest BCUT2D eigenvalue weighted by molar-refractivity contribution is -0.00820. The number of carboxylic acid groups (broad SMARTS) is 1. The summed E-state index contributed by atoms with van der Waals surface area (Å²) >= 11 is 0. The molecule has 0 bridgehead atoms. The van der Waals surface area contributed by atoms with Gasteiger partial charge in [0.15, 0.2) is 5.69 Å². The Balaban J connectivity index is 2.57. The summed E-state index contributed by atoms with van der Waals surface area (Å²) in [7, 11) is 0. The summed E-state index contributed by atoms with van der Waals surface area (Å²) in [6.07, 6.45) is 0. The second-order valence-corrected chi connectivity index (χ2v) is 4.26. The Morgan fingerprint density at radius 3 is 2.72 bits per heavy atom. The molecule has 0 aromatic carbocycles. The van der Waals surface area contributed by atoms with Gasteiger partial charge in [-0.2, -0.15) is 0 Å². The molecule has 1 aromatic rings. The Morgan fingerprint density at radius 1 is 1.56 bits per heavy atom. The quantitative estimate of drug-likeness (QED) is 0.784. The number of nitrogens with zero attached hydrogens (tertiary/aromatic N) is 1. The van der Waals surface area contributed by atoms with E-state index in [1.165, 1.54) is 0 Å². The maximum Gasteiger partial charge on any atom is 0.374 e. The Hall–Kier alpha value is -1.89. The molecule has 18 heavy (non-hydrogen) atoms. The summed E-state index contributed by atoms with van der Waals surface area (Å²) in [6.45, 7) is 6.36. The minimum atomic E-state index is -1.27. The zero-order valence-corrected chi connectivity index (χ0v) is 10.5. The number of ether oxygens (including phenoxy) is 1. The van der Waals surface area contributed by atoms with Crippen LogP contribution in [0, 0.1) is 0 Å². The first kappa shape index (κ1) is 14.2. The molecule has 0 atom stereocenters. The van der Waals surface area contributed by atoms with E-state index in [0.29, 0.717) is 6.61 Å². The highest BCUT2D eigenvalue weighted by Gasteiger charge is 2.21. The number of nitrogens with one attached hydrogen (secondary N) is 1. The van der Waals surface area contributed by atoms with Crippen LogP contribution >= 0.6 is 0 Å². The van der Waals surface area contributed by atoms with Gasteiger partial charge in [-0.15, -0.1) is 0 Å². The zero-order valence-electron chi connectivity index (χ0n) is 10.5. The van der Waals surface area contributed by atoms with Crippen molar-refractivity contribution >= 4 is 11.9 Å². The molecular weight excluding hydrogens is 240 g/mol. The van der Waals surface area contributed by atoms with Crippen LogP contribution in [0.5, 0.6) is 0 Å². The number of rotatable bonds is 6. The van der Waals surface area contributed by atoms with E-state index in [-0.39, 0.29) is 18.0 Å². The van der Waals surface area contributed by atoms with E-state index in [0.717, 1.165) is 6.07 Å². The van der Waals surface area contributed by atoms with Crippen LogP contribution in [0.1, 0.15) is 41.8 Å². The topological polar surface area (TPSA) is 102 Å². The normalized spacial score (nSPS) is 11.3. The Labute approximate surface area is 104 Å². The molecule has 1 amide bonds. The molecule has 1 aromatic heterocycles. The predicted octanol–water partition coefficient (Wildman–Crippen LogP) is 0.918. The first-order valence-corrected chi connectivity index (χ1v) is 5.48. The molecule has 0 unspecified atom stereocenters. The second kappa shape index (κ2) is 5.63. The fraction of sp³-hybridized carbons (Fsp3) is 0.545. The van der Waals surface area contributed by atoms with Gasteiger partial charge in [-0.05, 0) is 20.8 Å². The summed E-state index contributed by atoms with van der Waals surface area (Å²) in [5.41, 5.74) is -0.566. The highest BCUT2D eigenvalue weighted by atomic mass is 16.5. The van der Waals surface area contributed by atoms with Crippen molar-refractivity contribution in [3.63, 3.8) is 0 Å². The van der Waals surface area contributed by atoms with Gasteiger partial charge in [0.25, 0.3) is 5.91 Å². The lowest BCUT2D eigenvalue weighted by atomic mass is 10.1. The van der Waals surface area contributed by atoms with Gasteiger partial charge in [-0.1, -0.05) is 5.16 Å². The zero-order chi connectivity index (χ0) is 13.8. The molecule has 7 nitrogen and oxygen atoms in total. The number of amides is 1. The number of carboxylic acids is 1. The minimum Gasteiger partial charge on any atom is -0.475 e. The molecule has 1 heterocycles. The van der Waals surface area contributed by atoms with Crippen molar-refractivity contribution < 1.29 is 24.0 Å². The van der Waals surface area contributed by atoms with Gasteiger partial charge in [-0.25, -0.2) is 4.79 Å². The average molecular weight is 256 g/mol. The molecule has 0 fully saturated rings. The lowest BCUT2D eigenvalue weighted by Gasteiger charge is -2.24. The number of carbonyl (C=O) groups excluding carboxylic acids is 1. The van der Waals surface area contributed by atoms with Crippen LogP contribution in [-0.2, 0) is 4.74 Å². The fourth-order valence-corrected chi connectivity index (χ4v) is 1.31. The van der Waals surface area contributed by atoms with Gasteiger partial charge in [0.1, 0.15) is 0 Å². The Kier molecular flexibility index (Phi) is 4.43. The van der Waals surface area contributed by atoms with Crippen molar-refractivity contribution in [2.75, 3.05) is 13.2 Å². The lowest BCUT2D eigenvalue weighted by Crippen LogP contribution is -2.40. The van der Waals surface area contributed by atoms with Crippen LogP contribution < -0.4 is 5.32 Å². The molecule has 100 valence electrons. The van der Waals surface area contributed by atoms with E-state index in [1.807, 2.05) is 20.8 Å². The number of aromatic nitrogens is 1. The van der Waals surface area contributed by atoms with Crippen LogP contribution in [0.15, 0.2) is 10.6 Å². The van der Waals surface area contributed by atoms with E-state index < -0.39 is 17.5 Å². The number of aromatic carboxylic acids is 1. The van der Waals surface area contributed by atoms with Crippen LogP contribution in [0.2, 0.25) is 0 Å². The first-order chi connectivity index (χ1) is 8.35. The van der Waals surface area contributed by atoms with Crippen molar-refractivity contribution in [3.8, 4) is 0 Å². The van der Waals surface area contributed by atoms with E-state index in [2.05, 4.69) is 15.0 Å². The van der Waals surface area contributed by atoms with Gasteiger partial charge in [-0.3, -0.25) is 4.79 Å². The van der Waals surface area contributed by atoms with Crippen LogP contribution in [-0.4, -0.2) is 40.9 Å². The van der Waals surface area contributed by atoms with Gasteiger partial charge < -0.3 is 19.7 Å². The Bertz CT molecular complexity index is 438. The maximum atomic E-state index is 11.6. The summed E-state index contributed by atoms with van der Waals surface area (Å²) in [5.74, 6) is -2.14. The fourth-order valence-electron chi connectivity index (χ4n) is 1.31. The molecule has 0 radical (unpaired) electrons. The standard InChI is InChI=1S/C11H16N2O5/c1-4-17-11(2,3)6-12-9(14)7-5-8(10(15)16)18-13-7/h5H,4,6H2,1-3H3,(H,12,14)(H,15,16). The third-order valence-corrected chi connectivity index (χ3v) is 2.16. The van der Waals surface area contributed by atoms with Gasteiger partial charge >= 0.3 is 5.97 Å². The second-order valence-electron chi connectivity index (χ2n) is 4.26. The van der Waals surface area contributed by atoms with Crippen molar-refractivity contribution in [1.82, 2.24) is 10.5 Å². The van der Waals surface area contributed by atoms with Crippen molar-refractivity contribution in [2.45, 2.75) is 26.4 Å². The maximum absolute atomic E-state index is 11.6. The highest BCUT2D eigenvalue weighted by molar-refractivity contribution is 5.94. The highest BCUT2D eigenvalue weighted by Crippen LogP contribution is 2.08. The minimum absolute atomic E-state index is 0.0697. The van der Waals surface area contributed by atoms with E-state index in [4.69, 9.17) is 9.84 Å². The molecule has 2 N–H and O–H groups in total. The molecule has 1 rings (SSSR count). The summed E-state index contributed by atoms with van der Waals surface area (Å²) < 4.78 is 9.89. The third kappa shape index (κ3) is 3.85. The SMILES string of the molecule is CCOC(C)(C)CNC(=O)c1cc(C(=O)O)on1. The largest absolute Gasteiger partial charge is 0.475 e. The molecule has 0 saturated carbocycles. The number of carbonyl (C=O) groups is 2. The molecular formula is C11H16N2O5. The van der Waals surface area contributed by atoms with Crippen LogP contribution in [0.25, 0.3) is 0 Å². The Morgan fingerprint density at radius 2 is 2.22 bits per heavy atom. The molecule has 0 saturated heterocycles. The average Bonchev–Trinajstić information content (AvgIpc) is 2.75. The van der Waals surface area contributed by atoms with Gasteiger partial charge in [0, 0.05) is 19.2 Å². The van der Waals surface area contributed by atoms with Crippen molar-refractivity contribution in [3.05, 3.63) is 17.5 Å². The molecule has 0 aliphatic rings. The monoisotopic (exact) mass is 256 g/mol. The van der Waals surface area contributed by atoms with Crippen molar-refractivity contribution in [2.24, 2.45) is 0 Å². The van der Waals surface area contributed by atoms with E-state index in [1.54, 1.807) is 0 Å². The smallest absolute Gasteiger partial charge is 0.374 e. The summed E-state index contributed by atoms with van der Waals surface area (Å²) in [5, 5.41) is 14.6. The van der Waals surface area contributed by atoms with Gasteiger partial charge in [0.05, 0.1) is 5.60 Å². The first-order valence-electron chi connectivity index (χ1n) is 5.48. The van der Waals surface area contributed by atoms with Crippen LogP contribution in [0.3, 0.4) is 0 Å². The molecule has 7 heteroatoms.